The van der Waals surface area contributed by atoms with Crippen molar-refractivity contribution in [1.29, 1.82) is 0 Å². The molecular weight excluding hydrogens is 753 g/mol. The summed E-state index contributed by atoms with van der Waals surface area (Å²) in [5, 5.41) is 28.7. The first-order valence-electron chi connectivity index (χ1n) is 19.5. The third-order valence-corrected chi connectivity index (χ3v) is 14.6. The summed E-state index contributed by atoms with van der Waals surface area (Å²) in [6, 6.07) is 7.55. The number of esters is 2. The minimum atomic E-state index is -1.46. The van der Waals surface area contributed by atoms with Gasteiger partial charge in [0.2, 0.25) is 6.79 Å². The number of rotatable bonds is 3. The number of hydrogen-bond donors (Lipinski definition) is 4. The molecule has 0 amide bonds. The number of nitrogens with two attached hydrogens (primary N) is 1. The van der Waals surface area contributed by atoms with Gasteiger partial charge in [-0.15, -0.1) is 11.8 Å². The lowest BCUT2D eigenvalue weighted by atomic mass is 9.72. The molecule has 7 aliphatic heterocycles. The summed E-state index contributed by atoms with van der Waals surface area (Å²) < 4.78 is 37.2. The second-order valence-electron chi connectivity index (χ2n) is 16.1. The minimum absolute atomic E-state index is 0.0209. The van der Waals surface area contributed by atoms with Gasteiger partial charge in [-0.3, -0.25) is 19.9 Å². The molecule has 2 fully saturated rings. The molecular formula is C42H46N4O10S. The van der Waals surface area contributed by atoms with Crippen LogP contribution in [0.2, 0.25) is 0 Å². The molecule has 4 aromatic rings. The van der Waals surface area contributed by atoms with Gasteiger partial charge in [-0.1, -0.05) is 24.3 Å². The Hall–Kier alpha value is -4.51. The van der Waals surface area contributed by atoms with Gasteiger partial charge >= 0.3 is 11.9 Å². The zero-order valence-corrected chi connectivity index (χ0v) is 33.2. The van der Waals surface area contributed by atoms with Crippen LogP contribution >= 0.6 is 11.8 Å². The van der Waals surface area contributed by atoms with Crippen molar-refractivity contribution in [3.63, 3.8) is 0 Å². The number of hydrogen-bond acceptors (Lipinski definition) is 15. The highest BCUT2D eigenvalue weighted by atomic mass is 32.2. The van der Waals surface area contributed by atoms with Crippen LogP contribution in [-0.4, -0.2) is 96.2 Å². The Morgan fingerprint density at radius 3 is 2.67 bits per heavy atom. The smallest absolute Gasteiger partial charge is 0.335 e. The van der Waals surface area contributed by atoms with E-state index in [1.165, 1.54) is 18.7 Å². The van der Waals surface area contributed by atoms with E-state index in [9.17, 15) is 19.8 Å². The summed E-state index contributed by atoms with van der Waals surface area (Å²) >= 11 is 1.48. The molecule has 0 saturated carbocycles. The van der Waals surface area contributed by atoms with Crippen LogP contribution in [0.1, 0.15) is 75.4 Å². The molecule has 1 unspecified atom stereocenters. The Morgan fingerprint density at radius 1 is 1.11 bits per heavy atom. The third-order valence-electron chi connectivity index (χ3n) is 13.1. The van der Waals surface area contributed by atoms with Gasteiger partial charge in [-0.2, -0.15) is 0 Å². The van der Waals surface area contributed by atoms with Crippen LogP contribution < -0.4 is 30.0 Å². The maximum absolute atomic E-state index is 14.9. The van der Waals surface area contributed by atoms with Crippen LogP contribution in [0.4, 0.5) is 0 Å². The molecule has 4 bridgehead atoms. The van der Waals surface area contributed by atoms with Crippen molar-refractivity contribution in [2.45, 2.75) is 87.3 Å². The molecule has 8 atom stereocenters. The number of thioether (sulfide) groups is 1. The van der Waals surface area contributed by atoms with Gasteiger partial charge < -0.3 is 44.0 Å². The zero-order valence-electron chi connectivity index (χ0n) is 32.4. The Labute approximate surface area is 333 Å². The average molecular weight is 799 g/mol. The van der Waals surface area contributed by atoms with E-state index < -0.39 is 47.1 Å². The molecule has 1 aromatic heterocycles. The molecule has 0 aliphatic carbocycles. The van der Waals surface area contributed by atoms with Gasteiger partial charge in [-0.05, 0) is 50.9 Å². The fraction of sp³-hybridized carbons (Fsp3) is 0.476. The van der Waals surface area contributed by atoms with Crippen molar-refractivity contribution < 1.29 is 47.9 Å². The number of phenolic OH excluding ortho intramolecular Hbond substituents is 1. The van der Waals surface area contributed by atoms with E-state index in [0.717, 1.165) is 27.6 Å². The monoisotopic (exact) mass is 798 g/mol. The quantitative estimate of drug-likeness (QED) is 0.171. The van der Waals surface area contributed by atoms with Crippen LogP contribution in [0.15, 0.2) is 34.7 Å². The predicted molar refractivity (Wildman–Crippen MR) is 209 cm³/mol. The van der Waals surface area contributed by atoms with Crippen molar-refractivity contribution in [2.24, 2.45) is 5.73 Å². The number of ether oxygens (including phenoxy) is 5. The Balaban J connectivity index is 1.25. The van der Waals surface area contributed by atoms with Crippen LogP contribution in [0, 0.1) is 13.8 Å². The second kappa shape index (κ2) is 13.3. The zero-order chi connectivity index (χ0) is 39.7. The van der Waals surface area contributed by atoms with Gasteiger partial charge in [0.05, 0.1) is 31.1 Å². The van der Waals surface area contributed by atoms with Gasteiger partial charge in [0.15, 0.2) is 28.5 Å². The third kappa shape index (κ3) is 5.08. The van der Waals surface area contributed by atoms with Crippen molar-refractivity contribution in [2.75, 3.05) is 39.9 Å². The van der Waals surface area contributed by atoms with Crippen molar-refractivity contribution >= 4 is 34.7 Å². The minimum Gasteiger partial charge on any atom is -0.504 e. The second-order valence-corrected chi connectivity index (χ2v) is 17.2. The van der Waals surface area contributed by atoms with E-state index in [1.54, 1.807) is 7.11 Å². The number of carbonyl (C=O) groups excluding carboxylic acids is 2. The fourth-order valence-electron chi connectivity index (χ4n) is 10.8. The Morgan fingerprint density at radius 2 is 1.89 bits per heavy atom. The number of likely N-dealkylation sites (N-methyl/N-ethyl adjacent to an activating group) is 1. The van der Waals surface area contributed by atoms with E-state index >= 15 is 0 Å². The van der Waals surface area contributed by atoms with Crippen LogP contribution in [-0.2, 0) is 32.7 Å². The van der Waals surface area contributed by atoms with Crippen LogP contribution in [0.3, 0.4) is 0 Å². The topological polar surface area (TPSA) is 178 Å². The number of para-hydroxylation sites is 1. The maximum atomic E-state index is 14.9. The molecule has 2 saturated heterocycles. The Kier molecular flexibility index (Phi) is 8.56. The lowest BCUT2D eigenvalue weighted by Gasteiger charge is -2.62. The molecule has 57 heavy (non-hydrogen) atoms. The molecule has 300 valence electrons. The molecule has 15 heteroatoms. The molecule has 8 heterocycles. The average Bonchev–Trinajstić information content (AvgIpc) is 3.83. The van der Waals surface area contributed by atoms with Crippen molar-refractivity contribution in [3.05, 3.63) is 75.0 Å². The number of phenols is 1. The summed E-state index contributed by atoms with van der Waals surface area (Å²) in [5.41, 5.74) is 11.0. The highest BCUT2D eigenvalue weighted by Gasteiger charge is 2.61. The number of nitrogens with zero attached hydrogens (tertiary/aromatic N) is 2. The van der Waals surface area contributed by atoms with E-state index in [0.29, 0.717) is 63.9 Å². The summed E-state index contributed by atoms with van der Waals surface area (Å²) in [6.45, 7) is 5.34. The number of furan rings is 1. The standard InChI is InChI=1S/C42H46N4O10S/c1-18-12-21-13-26-40(49)46-25-10-11-52-41(50)42(39-24(14-22(15-43)44-42)23-8-6-7-9-27(23)56-39)16-57-38(32(46)31(45(26)4)28(21)33(48)34(18)51-5)30-29(25)37-36(53-17-54-37)19(2)35(30)55-20(3)47/h6-9,12,22,25-26,31-32,38,40,44,48-49H,10-11,13-17,43H2,1-5H3/t22-,25+,26+,31?,32-,38-,40+,42-/m1/s1. The number of nitrogens with one attached hydrogen (secondary N) is 1. The van der Waals surface area contributed by atoms with Crippen LogP contribution in [0.5, 0.6) is 28.7 Å². The summed E-state index contributed by atoms with van der Waals surface area (Å²) in [7, 11) is 3.53. The molecule has 5 N–H and O–H groups in total. The van der Waals surface area contributed by atoms with Gasteiger partial charge in [0.25, 0.3) is 0 Å². The normalized spacial score (nSPS) is 30.2. The first-order chi connectivity index (χ1) is 27.5. The number of aryl methyl sites for hydroxylation is 1. The lowest BCUT2D eigenvalue weighted by Crippen LogP contribution is -2.69. The van der Waals surface area contributed by atoms with Gasteiger partial charge in [0, 0.05) is 77.0 Å². The number of aromatic hydroxyl groups is 1. The van der Waals surface area contributed by atoms with Crippen molar-refractivity contribution in [1.82, 2.24) is 15.1 Å². The fourth-order valence-corrected chi connectivity index (χ4v) is 12.4. The number of aliphatic hydroxyl groups excluding tert-OH is 1. The highest BCUT2D eigenvalue weighted by molar-refractivity contribution is 7.99. The summed E-state index contributed by atoms with van der Waals surface area (Å²) in [4.78, 5) is 32.2. The molecule has 11 rings (SSSR count). The van der Waals surface area contributed by atoms with Crippen LogP contribution in [0.25, 0.3) is 11.0 Å². The summed E-state index contributed by atoms with van der Waals surface area (Å²) in [5.74, 6) is 1.40. The van der Waals surface area contributed by atoms with E-state index in [2.05, 4.69) is 15.1 Å². The van der Waals surface area contributed by atoms with Gasteiger partial charge in [0.1, 0.15) is 23.3 Å². The maximum Gasteiger partial charge on any atom is 0.335 e. The number of methoxy groups -OCH3 is 1. The number of piperazine rings is 1. The van der Waals surface area contributed by atoms with E-state index in [-0.39, 0.29) is 50.0 Å². The molecule has 14 nitrogen and oxygen atoms in total. The largest absolute Gasteiger partial charge is 0.504 e. The number of aliphatic hydroxyl groups is 1. The number of benzene rings is 3. The highest BCUT2D eigenvalue weighted by Crippen LogP contribution is 2.65. The van der Waals surface area contributed by atoms with E-state index in [4.69, 9.17) is 33.8 Å². The first-order valence-corrected chi connectivity index (χ1v) is 20.5. The Bertz CT molecular complexity index is 2370. The number of fused-ring (bicyclic) bond motifs is 12. The molecule has 1 spiro atoms. The molecule has 3 aromatic carbocycles. The lowest BCUT2D eigenvalue weighted by molar-refractivity contribution is -0.176. The summed E-state index contributed by atoms with van der Waals surface area (Å²) in [6.07, 6.45) is 0.299. The number of carbonyl (C=O) groups is 2. The SMILES string of the molecule is COc1c(C)cc2c(c1O)C1[C@@H]3[C@@H]4SC[C@]5(N[C@@H](CN)Cc6c5oc5ccccc65)C(=O)OCC[C@@H](c5c6c(c(C)c(OC(C)=O)c54)OCO6)N3[C@@H](O)[C@H](C2)N1C. The molecule has 0 radical (unpaired) electrons. The molecule has 7 aliphatic rings. The van der Waals surface area contributed by atoms with E-state index in [1.807, 2.05) is 51.2 Å². The van der Waals surface area contributed by atoms with Crippen molar-refractivity contribution in [3.8, 4) is 28.7 Å². The van der Waals surface area contributed by atoms with Gasteiger partial charge in [-0.25, -0.2) is 4.79 Å². The predicted octanol–water partition coefficient (Wildman–Crippen LogP) is 4.16. The first kappa shape index (κ1) is 36.8.